The van der Waals surface area contributed by atoms with Crippen LogP contribution >= 0.6 is 27.5 Å². The fourth-order valence-electron chi connectivity index (χ4n) is 1.20. The van der Waals surface area contributed by atoms with E-state index in [1.54, 1.807) is 18.6 Å². The Hall–Kier alpha value is -0.670. The molecule has 13 heavy (non-hydrogen) atoms. The predicted molar refractivity (Wildman–Crippen MR) is 57.0 cm³/mol. The maximum atomic E-state index is 6.07. The minimum Gasteiger partial charge on any atom is -0.264 e. The normalized spacial score (nSPS) is 10.7. The number of hydrogen-bond donors (Lipinski definition) is 0. The number of nitrogens with zero attached hydrogens (tertiary/aromatic N) is 2. The standard InChI is InChI=1S/C9H6BrClN2/c1-5-2-12-3-6-8(11)7(10)4-13-9(5)6/h2-4H,1H3. The third kappa shape index (κ3) is 1.42. The van der Waals surface area contributed by atoms with Crippen LogP contribution in [0, 0.1) is 6.92 Å². The lowest BCUT2D eigenvalue weighted by Crippen LogP contribution is -1.86. The molecule has 0 spiro atoms. The Morgan fingerprint density at radius 1 is 1.31 bits per heavy atom. The van der Waals surface area contributed by atoms with Crippen LogP contribution in [0.3, 0.4) is 0 Å². The van der Waals surface area contributed by atoms with Crippen LogP contribution in [-0.2, 0) is 0 Å². The van der Waals surface area contributed by atoms with Crippen LogP contribution in [0.2, 0.25) is 5.02 Å². The van der Waals surface area contributed by atoms with Gasteiger partial charge in [0.15, 0.2) is 0 Å². The molecular formula is C9H6BrClN2. The van der Waals surface area contributed by atoms with E-state index in [1.165, 1.54) is 0 Å². The average Bonchev–Trinajstić information content (AvgIpc) is 2.12. The lowest BCUT2D eigenvalue weighted by atomic mass is 10.2. The Morgan fingerprint density at radius 2 is 2.08 bits per heavy atom. The number of aryl methyl sites for hydroxylation is 1. The molecule has 0 saturated carbocycles. The van der Waals surface area contributed by atoms with Crippen molar-refractivity contribution in [2.24, 2.45) is 0 Å². The zero-order chi connectivity index (χ0) is 9.42. The van der Waals surface area contributed by atoms with Gasteiger partial charge in [-0.25, -0.2) is 0 Å². The first-order chi connectivity index (χ1) is 6.20. The molecule has 0 amide bonds. The highest BCUT2D eigenvalue weighted by molar-refractivity contribution is 9.10. The average molecular weight is 258 g/mol. The summed E-state index contributed by atoms with van der Waals surface area (Å²) in [6.07, 6.45) is 5.21. The molecule has 2 aromatic heterocycles. The van der Waals surface area contributed by atoms with Gasteiger partial charge in [0.05, 0.1) is 15.0 Å². The zero-order valence-corrected chi connectivity index (χ0v) is 9.22. The summed E-state index contributed by atoms with van der Waals surface area (Å²) in [4.78, 5) is 8.34. The molecule has 66 valence electrons. The van der Waals surface area contributed by atoms with E-state index in [2.05, 4.69) is 25.9 Å². The summed E-state index contributed by atoms with van der Waals surface area (Å²) in [6.45, 7) is 1.96. The molecule has 4 heteroatoms. The minimum absolute atomic E-state index is 0.668. The van der Waals surface area contributed by atoms with Crippen LogP contribution in [0.1, 0.15) is 5.56 Å². The van der Waals surface area contributed by atoms with Crippen molar-refractivity contribution >= 4 is 38.4 Å². The molecule has 2 rings (SSSR count). The summed E-state index contributed by atoms with van der Waals surface area (Å²) in [5.41, 5.74) is 1.94. The van der Waals surface area contributed by atoms with E-state index in [0.717, 1.165) is 20.9 Å². The zero-order valence-electron chi connectivity index (χ0n) is 6.88. The van der Waals surface area contributed by atoms with Crippen LogP contribution in [0.15, 0.2) is 23.1 Å². The molecule has 2 aromatic rings. The predicted octanol–water partition coefficient (Wildman–Crippen LogP) is 3.35. The highest BCUT2D eigenvalue weighted by atomic mass is 79.9. The Kier molecular flexibility index (Phi) is 2.22. The third-order valence-electron chi connectivity index (χ3n) is 1.85. The van der Waals surface area contributed by atoms with E-state index < -0.39 is 0 Å². The van der Waals surface area contributed by atoms with Crippen molar-refractivity contribution in [2.75, 3.05) is 0 Å². The number of halogens is 2. The van der Waals surface area contributed by atoms with Crippen LogP contribution in [0.4, 0.5) is 0 Å². The van der Waals surface area contributed by atoms with Crippen LogP contribution in [-0.4, -0.2) is 9.97 Å². The molecule has 0 saturated heterocycles. The van der Waals surface area contributed by atoms with Crippen molar-refractivity contribution in [1.82, 2.24) is 9.97 Å². The van der Waals surface area contributed by atoms with Crippen molar-refractivity contribution in [3.8, 4) is 0 Å². The number of fused-ring (bicyclic) bond motifs is 1. The van der Waals surface area contributed by atoms with Crippen LogP contribution in [0.25, 0.3) is 10.9 Å². The first-order valence-electron chi connectivity index (χ1n) is 3.74. The molecule has 2 nitrogen and oxygen atoms in total. The largest absolute Gasteiger partial charge is 0.264 e. The first-order valence-corrected chi connectivity index (χ1v) is 4.91. The number of hydrogen-bond acceptors (Lipinski definition) is 2. The van der Waals surface area contributed by atoms with E-state index in [1.807, 2.05) is 6.92 Å². The number of rotatable bonds is 0. The van der Waals surface area contributed by atoms with Crippen LogP contribution < -0.4 is 0 Å². The molecule has 0 aliphatic carbocycles. The Balaban J connectivity index is 2.94. The first kappa shape index (κ1) is 8.91. The summed E-state index contributed by atoms with van der Waals surface area (Å²) in [7, 11) is 0. The van der Waals surface area contributed by atoms with Gasteiger partial charge in [-0.2, -0.15) is 0 Å². The smallest absolute Gasteiger partial charge is 0.0777 e. The molecular weight excluding hydrogens is 251 g/mol. The monoisotopic (exact) mass is 256 g/mol. The molecule has 0 radical (unpaired) electrons. The Labute approximate surface area is 89.1 Å². The second-order valence-corrected chi connectivity index (χ2v) is 4.00. The molecule has 0 aliphatic rings. The summed E-state index contributed by atoms with van der Waals surface area (Å²) in [5.74, 6) is 0. The molecule has 0 unspecified atom stereocenters. The molecule has 0 atom stereocenters. The lowest BCUT2D eigenvalue weighted by Gasteiger charge is -2.02. The van der Waals surface area contributed by atoms with Gasteiger partial charge in [0.1, 0.15) is 0 Å². The van der Waals surface area contributed by atoms with E-state index >= 15 is 0 Å². The number of pyridine rings is 2. The Bertz CT molecular complexity index is 470. The van der Waals surface area contributed by atoms with Gasteiger partial charge in [0.25, 0.3) is 0 Å². The molecule has 0 aromatic carbocycles. The summed E-state index contributed by atoms with van der Waals surface area (Å²) in [5, 5.41) is 1.55. The van der Waals surface area contributed by atoms with Gasteiger partial charge in [-0.3, -0.25) is 9.97 Å². The Morgan fingerprint density at radius 3 is 2.85 bits per heavy atom. The second-order valence-electron chi connectivity index (χ2n) is 2.77. The third-order valence-corrected chi connectivity index (χ3v) is 3.09. The van der Waals surface area contributed by atoms with E-state index in [9.17, 15) is 0 Å². The maximum Gasteiger partial charge on any atom is 0.0777 e. The lowest BCUT2D eigenvalue weighted by molar-refractivity contribution is 1.26. The SMILES string of the molecule is Cc1cncc2c(Cl)c(Br)cnc12. The highest BCUT2D eigenvalue weighted by Gasteiger charge is 2.05. The molecule has 0 N–H and O–H groups in total. The maximum absolute atomic E-state index is 6.07. The van der Waals surface area contributed by atoms with Crippen molar-refractivity contribution in [1.29, 1.82) is 0 Å². The van der Waals surface area contributed by atoms with Gasteiger partial charge in [0.2, 0.25) is 0 Å². The quantitative estimate of drug-likeness (QED) is 0.723. The summed E-state index contributed by atoms with van der Waals surface area (Å²) >= 11 is 9.39. The van der Waals surface area contributed by atoms with Crippen LogP contribution in [0.5, 0.6) is 0 Å². The van der Waals surface area contributed by atoms with Gasteiger partial charge in [0, 0.05) is 24.0 Å². The molecule has 2 heterocycles. The highest BCUT2D eigenvalue weighted by Crippen LogP contribution is 2.29. The summed E-state index contributed by atoms with van der Waals surface area (Å²) in [6, 6.07) is 0. The van der Waals surface area contributed by atoms with Gasteiger partial charge < -0.3 is 0 Å². The second kappa shape index (κ2) is 3.24. The molecule has 0 fully saturated rings. The van der Waals surface area contributed by atoms with Gasteiger partial charge >= 0.3 is 0 Å². The molecule has 0 bridgehead atoms. The van der Waals surface area contributed by atoms with Gasteiger partial charge in [-0.1, -0.05) is 11.6 Å². The minimum atomic E-state index is 0.668. The summed E-state index contributed by atoms with van der Waals surface area (Å²) < 4.78 is 0.800. The number of aromatic nitrogens is 2. The fourth-order valence-corrected chi connectivity index (χ4v) is 1.70. The van der Waals surface area contributed by atoms with Crippen molar-refractivity contribution in [2.45, 2.75) is 6.92 Å². The van der Waals surface area contributed by atoms with Crippen molar-refractivity contribution < 1.29 is 0 Å². The van der Waals surface area contributed by atoms with Gasteiger partial charge in [-0.05, 0) is 28.4 Å². The molecule has 0 aliphatic heterocycles. The van der Waals surface area contributed by atoms with Crippen molar-refractivity contribution in [3.05, 3.63) is 33.6 Å². The fraction of sp³-hybridized carbons (Fsp3) is 0.111. The topological polar surface area (TPSA) is 25.8 Å². The van der Waals surface area contributed by atoms with E-state index in [4.69, 9.17) is 11.6 Å². The van der Waals surface area contributed by atoms with E-state index in [-0.39, 0.29) is 0 Å². The van der Waals surface area contributed by atoms with Gasteiger partial charge in [-0.15, -0.1) is 0 Å². The van der Waals surface area contributed by atoms with E-state index in [0.29, 0.717) is 5.02 Å². The van der Waals surface area contributed by atoms with Crippen molar-refractivity contribution in [3.63, 3.8) is 0 Å².